The predicted octanol–water partition coefficient (Wildman–Crippen LogP) is 4.73. The van der Waals surface area contributed by atoms with Crippen LogP contribution in [0, 0.1) is 3.57 Å². The minimum Gasteiger partial charge on any atom is -0.493 e. The average Bonchev–Trinajstić information content (AvgIpc) is 2.60. The quantitative estimate of drug-likeness (QED) is 0.590. The summed E-state index contributed by atoms with van der Waals surface area (Å²) in [6.07, 6.45) is 0. The van der Waals surface area contributed by atoms with E-state index >= 15 is 0 Å². The Hall–Kier alpha value is -2.28. The Balaban J connectivity index is 1.92. The fraction of sp³-hybridized carbons (Fsp3) is 0.105. The topological polar surface area (TPSA) is 55.8 Å². The molecule has 0 saturated carbocycles. The molecule has 0 spiro atoms. The van der Waals surface area contributed by atoms with Gasteiger partial charge in [-0.15, -0.1) is 0 Å². The average molecular weight is 434 g/mol. The van der Waals surface area contributed by atoms with Crippen molar-refractivity contribution in [2.45, 2.75) is 6.61 Å². The largest absolute Gasteiger partial charge is 0.493 e. The van der Waals surface area contributed by atoms with Crippen LogP contribution >= 0.6 is 22.6 Å². The lowest BCUT2D eigenvalue weighted by Gasteiger charge is -2.14. The zero-order valence-electron chi connectivity index (χ0n) is 13.0. The Morgan fingerprint density at radius 1 is 1.12 bits per heavy atom. The highest BCUT2D eigenvalue weighted by Crippen LogP contribution is 2.35. The number of carboxylic acids is 1. The molecule has 0 atom stereocenters. The number of carboxylic acid groups (broad SMARTS) is 1. The summed E-state index contributed by atoms with van der Waals surface area (Å²) >= 11 is 2.06. The Morgan fingerprint density at radius 2 is 1.88 bits per heavy atom. The van der Waals surface area contributed by atoms with Gasteiger partial charge in [-0.3, -0.25) is 0 Å². The van der Waals surface area contributed by atoms with Crippen molar-refractivity contribution in [3.05, 3.63) is 69.3 Å². The predicted molar refractivity (Wildman–Crippen MR) is 101 cm³/mol. The number of rotatable bonds is 5. The molecule has 4 nitrogen and oxygen atoms in total. The number of hydrogen-bond acceptors (Lipinski definition) is 3. The summed E-state index contributed by atoms with van der Waals surface area (Å²) in [6.45, 7) is 0.375. The summed E-state index contributed by atoms with van der Waals surface area (Å²) < 4.78 is 12.0. The highest BCUT2D eigenvalue weighted by Gasteiger charge is 2.15. The van der Waals surface area contributed by atoms with Gasteiger partial charge in [0.05, 0.1) is 16.2 Å². The van der Waals surface area contributed by atoms with Gasteiger partial charge in [0.25, 0.3) is 0 Å². The first kappa shape index (κ1) is 16.6. The molecule has 0 aliphatic carbocycles. The second-order valence-electron chi connectivity index (χ2n) is 5.22. The van der Waals surface area contributed by atoms with Crippen molar-refractivity contribution in [3.63, 3.8) is 0 Å². The van der Waals surface area contributed by atoms with Gasteiger partial charge in [0.1, 0.15) is 6.61 Å². The summed E-state index contributed by atoms with van der Waals surface area (Å²) in [5.74, 6) is -0.0256. The monoisotopic (exact) mass is 434 g/mol. The van der Waals surface area contributed by atoms with Gasteiger partial charge in [0, 0.05) is 0 Å². The van der Waals surface area contributed by atoms with Crippen molar-refractivity contribution in [2.24, 2.45) is 0 Å². The van der Waals surface area contributed by atoms with Gasteiger partial charge >= 0.3 is 5.97 Å². The smallest absolute Gasteiger partial charge is 0.335 e. The zero-order chi connectivity index (χ0) is 17.1. The number of ether oxygens (including phenoxy) is 2. The van der Waals surface area contributed by atoms with Crippen LogP contribution < -0.4 is 9.47 Å². The van der Waals surface area contributed by atoms with E-state index in [1.165, 1.54) is 13.2 Å². The van der Waals surface area contributed by atoms with Crippen molar-refractivity contribution in [2.75, 3.05) is 7.11 Å². The fourth-order valence-corrected chi connectivity index (χ4v) is 3.31. The molecule has 0 unspecified atom stereocenters. The van der Waals surface area contributed by atoms with Crippen LogP contribution in [0.25, 0.3) is 10.8 Å². The molecular weight excluding hydrogens is 419 g/mol. The van der Waals surface area contributed by atoms with Crippen molar-refractivity contribution < 1.29 is 19.4 Å². The zero-order valence-corrected chi connectivity index (χ0v) is 15.1. The first-order valence-electron chi connectivity index (χ1n) is 7.30. The first-order chi connectivity index (χ1) is 11.6. The van der Waals surface area contributed by atoms with E-state index in [0.29, 0.717) is 21.7 Å². The summed E-state index contributed by atoms with van der Waals surface area (Å²) in [5, 5.41) is 11.4. The Labute approximate surface area is 153 Å². The molecule has 5 heteroatoms. The molecule has 0 amide bonds. The molecule has 122 valence electrons. The van der Waals surface area contributed by atoms with Crippen LogP contribution in [0.15, 0.2) is 54.6 Å². The maximum atomic E-state index is 11.2. The van der Waals surface area contributed by atoms with Crippen LogP contribution in [-0.4, -0.2) is 18.2 Å². The standard InChI is InChI=1S/C19H15IO4/c1-23-17-10-14(19(21)22)9-16(20)18(17)24-11-13-7-4-6-12-5-2-3-8-15(12)13/h2-10H,11H2,1H3,(H,21,22). The number of benzene rings is 3. The van der Waals surface area contributed by atoms with Gasteiger partial charge in [0.2, 0.25) is 0 Å². The maximum Gasteiger partial charge on any atom is 0.335 e. The molecule has 0 aromatic heterocycles. The molecule has 0 bridgehead atoms. The number of aromatic carboxylic acids is 1. The molecule has 0 saturated heterocycles. The van der Waals surface area contributed by atoms with E-state index in [2.05, 4.69) is 40.8 Å². The van der Waals surface area contributed by atoms with Crippen molar-refractivity contribution in [1.82, 2.24) is 0 Å². The van der Waals surface area contributed by atoms with E-state index in [1.54, 1.807) is 6.07 Å². The molecule has 0 aliphatic rings. The van der Waals surface area contributed by atoms with E-state index in [9.17, 15) is 4.79 Å². The minimum atomic E-state index is -0.994. The van der Waals surface area contributed by atoms with E-state index in [1.807, 2.05) is 24.3 Å². The Kier molecular flexibility index (Phi) is 4.89. The molecular formula is C19H15IO4. The lowest BCUT2D eigenvalue weighted by Crippen LogP contribution is -2.03. The molecule has 0 heterocycles. The van der Waals surface area contributed by atoms with Crippen LogP contribution in [0.3, 0.4) is 0 Å². The van der Waals surface area contributed by atoms with Gasteiger partial charge in [0.15, 0.2) is 11.5 Å². The van der Waals surface area contributed by atoms with E-state index in [4.69, 9.17) is 14.6 Å². The Morgan fingerprint density at radius 3 is 2.62 bits per heavy atom. The van der Waals surface area contributed by atoms with Crippen LogP contribution in [0.5, 0.6) is 11.5 Å². The van der Waals surface area contributed by atoms with Crippen LogP contribution in [0.2, 0.25) is 0 Å². The normalized spacial score (nSPS) is 10.6. The molecule has 0 aliphatic heterocycles. The molecule has 24 heavy (non-hydrogen) atoms. The van der Waals surface area contributed by atoms with Crippen molar-refractivity contribution >= 4 is 39.3 Å². The van der Waals surface area contributed by atoms with Gasteiger partial charge in [-0.1, -0.05) is 42.5 Å². The lowest BCUT2D eigenvalue weighted by molar-refractivity contribution is 0.0696. The van der Waals surface area contributed by atoms with Crippen molar-refractivity contribution in [1.29, 1.82) is 0 Å². The maximum absolute atomic E-state index is 11.2. The van der Waals surface area contributed by atoms with Crippen LogP contribution in [0.4, 0.5) is 0 Å². The summed E-state index contributed by atoms with van der Waals surface area (Å²) in [4.78, 5) is 11.2. The molecule has 1 N–H and O–H groups in total. The third kappa shape index (κ3) is 3.31. The summed E-state index contributed by atoms with van der Waals surface area (Å²) in [7, 11) is 1.50. The summed E-state index contributed by atoms with van der Waals surface area (Å²) in [6, 6.07) is 17.2. The molecule has 0 fully saturated rings. The van der Waals surface area contributed by atoms with E-state index < -0.39 is 5.97 Å². The van der Waals surface area contributed by atoms with Crippen LogP contribution in [0.1, 0.15) is 15.9 Å². The molecule has 3 aromatic rings. The van der Waals surface area contributed by atoms with Crippen molar-refractivity contribution in [3.8, 4) is 11.5 Å². The van der Waals surface area contributed by atoms with Crippen LogP contribution in [-0.2, 0) is 6.61 Å². The SMILES string of the molecule is COc1cc(C(=O)O)cc(I)c1OCc1cccc2ccccc12. The number of carbonyl (C=O) groups is 1. The van der Waals surface area contributed by atoms with E-state index in [-0.39, 0.29) is 5.56 Å². The fourth-order valence-electron chi connectivity index (χ4n) is 2.55. The van der Waals surface area contributed by atoms with Gasteiger partial charge in [-0.25, -0.2) is 4.79 Å². The lowest BCUT2D eigenvalue weighted by atomic mass is 10.1. The number of hydrogen-bond donors (Lipinski definition) is 1. The molecule has 3 rings (SSSR count). The molecule has 3 aromatic carbocycles. The highest BCUT2D eigenvalue weighted by atomic mass is 127. The van der Waals surface area contributed by atoms with Gasteiger partial charge in [-0.2, -0.15) is 0 Å². The minimum absolute atomic E-state index is 0.175. The summed E-state index contributed by atoms with van der Waals surface area (Å²) in [5.41, 5.74) is 1.24. The third-order valence-corrected chi connectivity index (χ3v) is 4.53. The first-order valence-corrected chi connectivity index (χ1v) is 8.38. The number of methoxy groups -OCH3 is 1. The third-order valence-electron chi connectivity index (χ3n) is 3.73. The van der Waals surface area contributed by atoms with Gasteiger partial charge < -0.3 is 14.6 Å². The second kappa shape index (κ2) is 7.09. The Bertz CT molecular complexity index is 900. The highest BCUT2D eigenvalue weighted by molar-refractivity contribution is 14.1. The number of halogens is 1. The van der Waals surface area contributed by atoms with E-state index in [0.717, 1.165) is 16.3 Å². The second-order valence-corrected chi connectivity index (χ2v) is 6.38. The number of fused-ring (bicyclic) bond motifs is 1. The molecule has 0 radical (unpaired) electrons. The van der Waals surface area contributed by atoms with Gasteiger partial charge in [-0.05, 0) is 51.1 Å².